The van der Waals surface area contributed by atoms with Gasteiger partial charge in [-0.05, 0) is 12.1 Å². The van der Waals surface area contributed by atoms with Crippen LogP contribution in [-0.4, -0.2) is 17.1 Å². The molecule has 0 saturated heterocycles. The summed E-state index contributed by atoms with van der Waals surface area (Å²) in [5.41, 5.74) is 6.39. The Kier molecular flexibility index (Phi) is 3.30. The molecule has 0 aliphatic heterocycles. The van der Waals surface area contributed by atoms with Gasteiger partial charge in [-0.3, -0.25) is 0 Å². The number of nitrogens with zero attached hydrogens (tertiary/aromatic N) is 2. The van der Waals surface area contributed by atoms with E-state index in [0.717, 1.165) is 11.4 Å². The second-order valence-electron chi connectivity index (χ2n) is 3.28. The van der Waals surface area contributed by atoms with Crippen LogP contribution in [0.3, 0.4) is 0 Å². The summed E-state index contributed by atoms with van der Waals surface area (Å²) in [5, 5.41) is 3.35. The molecule has 6 heteroatoms. The zero-order valence-electron chi connectivity index (χ0n) is 9.14. The van der Waals surface area contributed by atoms with Crippen LogP contribution in [0.2, 0.25) is 5.02 Å². The lowest BCUT2D eigenvalue weighted by molar-refractivity contribution is 0.415. The maximum absolute atomic E-state index is 5.97. The standard InChI is InChI=1S/C11H11ClN4O/c1-17-8-4-2-3-7(5-8)16-11-9(12)10(13)14-6-15-11/h2-6H,1H3,(H3,13,14,15,16). The molecule has 0 bridgehead atoms. The van der Waals surface area contributed by atoms with E-state index in [1.165, 1.54) is 6.33 Å². The predicted molar refractivity (Wildman–Crippen MR) is 67.7 cm³/mol. The Morgan fingerprint density at radius 1 is 1.35 bits per heavy atom. The van der Waals surface area contributed by atoms with E-state index >= 15 is 0 Å². The Bertz CT molecular complexity index is 533. The van der Waals surface area contributed by atoms with Crippen LogP contribution in [0, 0.1) is 0 Å². The quantitative estimate of drug-likeness (QED) is 0.875. The molecule has 0 saturated carbocycles. The first-order valence-corrected chi connectivity index (χ1v) is 5.25. The molecule has 5 nitrogen and oxygen atoms in total. The van der Waals surface area contributed by atoms with Gasteiger partial charge in [0.15, 0.2) is 5.82 Å². The lowest BCUT2D eigenvalue weighted by atomic mass is 10.3. The summed E-state index contributed by atoms with van der Waals surface area (Å²) in [6.07, 6.45) is 1.35. The summed E-state index contributed by atoms with van der Waals surface area (Å²) >= 11 is 5.97. The highest BCUT2D eigenvalue weighted by molar-refractivity contribution is 6.35. The topological polar surface area (TPSA) is 73.1 Å². The fourth-order valence-corrected chi connectivity index (χ4v) is 1.45. The van der Waals surface area contributed by atoms with Gasteiger partial charge in [0.1, 0.15) is 22.9 Å². The number of hydrogen-bond acceptors (Lipinski definition) is 5. The van der Waals surface area contributed by atoms with Gasteiger partial charge in [-0.15, -0.1) is 0 Å². The third-order valence-electron chi connectivity index (χ3n) is 2.15. The van der Waals surface area contributed by atoms with E-state index in [4.69, 9.17) is 22.1 Å². The maximum Gasteiger partial charge on any atom is 0.154 e. The average molecular weight is 251 g/mol. The third-order valence-corrected chi connectivity index (χ3v) is 2.52. The summed E-state index contributed by atoms with van der Waals surface area (Å²) < 4.78 is 5.12. The molecule has 2 rings (SSSR count). The number of methoxy groups -OCH3 is 1. The molecule has 1 aromatic heterocycles. The number of anilines is 3. The van der Waals surface area contributed by atoms with Crippen LogP contribution in [0.4, 0.5) is 17.3 Å². The van der Waals surface area contributed by atoms with Crippen LogP contribution in [0.5, 0.6) is 5.75 Å². The van der Waals surface area contributed by atoms with Crippen molar-refractivity contribution in [3.8, 4) is 5.75 Å². The molecule has 17 heavy (non-hydrogen) atoms. The van der Waals surface area contributed by atoms with Gasteiger partial charge in [0.2, 0.25) is 0 Å². The second kappa shape index (κ2) is 4.88. The summed E-state index contributed by atoms with van der Waals surface area (Å²) in [6.45, 7) is 0. The smallest absolute Gasteiger partial charge is 0.154 e. The minimum absolute atomic E-state index is 0.243. The normalized spacial score (nSPS) is 10.0. The molecule has 0 unspecified atom stereocenters. The van der Waals surface area contributed by atoms with Crippen LogP contribution < -0.4 is 15.8 Å². The van der Waals surface area contributed by atoms with Crippen molar-refractivity contribution >= 4 is 28.9 Å². The molecule has 0 amide bonds. The maximum atomic E-state index is 5.97. The van der Waals surface area contributed by atoms with Crippen molar-refractivity contribution in [2.75, 3.05) is 18.2 Å². The van der Waals surface area contributed by atoms with Gasteiger partial charge in [0.25, 0.3) is 0 Å². The number of nitrogen functional groups attached to an aromatic ring is 1. The number of ether oxygens (including phenoxy) is 1. The Morgan fingerprint density at radius 2 is 2.18 bits per heavy atom. The molecule has 88 valence electrons. The summed E-state index contributed by atoms with van der Waals surface area (Å²) in [6, 6.07) is 7.41. The van der Waals surface area contributed by atoms with Gasteiger partial charge in [0.05, 0.1) is 7.11 Å². The molecule has 0 radical (unpaired) electrons. The van der Waals surface area contributed by atoms with Crippen LogP contribution in [0.1, 0.15) is 0 Å². The van der Waals surface area contributed by atoms with E-state index in [1.807, 2.05) is 24.3 Å². The number of aromatic nitrogens is 2. The van der Waals surface area contributed by atoms with Crippen molar-refractivity contribution in [3.63, 3.8) is 0 Å². The number of hydrogen-bond donors (Lipinski definition) is 2. The minimum Gasteiger partial charge on any atom is -0.497 e. The molecule has 1 heterocycles. The van der Waals surface area contributed by atoms with Crippen molar-refractivity contribution in [1.29, 1.82) is 0 Å². The lowest BCUT2D eigenvalue weighted by Crippen LogP contribution is -1.99. The van der Waals surface area contributed by atoms with Crippen molar-refractivity contribution in [2.45, 2.75) is 0 Å². The first-order chi connectivity index (χ1) is 8.20. The predicted octanol–water partition coefficient (Wildman–Crippen LogP) is 2.46. The minimum atomic E-state index is 0.243. The van der Waals surface area contributed by atoms with E-state index in [2.05, 4.69) is 15.3 Å². The highest BCUT2D eigenvalue weighted by Crippen LogP contribution is 2.27. The van der Waals surface area contributed by atoms with E-state index in [1.54, 1.807) is 7.11 Å². The highest BCUT2D eigenvalue weighted by Gasteiger charge is 2.06. The SMILES string of the molecule is COc1cccc(Nc2ncnc(N)c2Cl)c1. The fourth-order valence-electron chi connectivity index (χ4n) is 1.31. The van der Waals surface area contributed by atoms with E-state index in [-0.39, 0.29) is 5.82 Å². The average Bonchev–Trinajstić information content (AvgIpc) is 2.35. The molecule has 0 fully saturated rings. The van der Waals surface area contributed by atoms with Crippen LogP contribution in [0.15, 0.2) is 30.6 Å². The lowest BCUT2D eigenvalue weighted by Gasteiger charge is -2.09. The van der Waals surface area contributed by atoms with Crippen LogP contribution in [-0.2, 0) is 0 Å². The van der Waals surface area contributed by atoms with Crippen LogP contribution >= 0.6 is 11.6 Å². The van der Waals surface area contributed by atoms with Gasteiger partial charge in [-0.1, -0.05) is 17.7 Å². The number of rotatable bonds is 3. The van der Waals surface area contributed by atoms with E-state index < -0.39 is 0 Å². The zero-order chi connectivity index (χ0) is 12.3. The first kappa shape index (κ1) is 11.5. The summed E-state index contributed by atoms with van der Waals surface area (Å²) in [7, 11) is 1.61. The molecular formula is C11H11ClN4O. The monoisotopic (exact) mass is 250 g/mol. The molecule has 1 aromatic carbocycles. The van der Waals surface area contributed by atoms with E-state index in [9.17, 15) is 0 Å². The van der Waals surface area contributed by atoms with E-state index in [0.29, 0.717) is 10.8 Å². The molecule has 0 aliphatic rings. The Labute approximate surface area is 104 Å². The third kappa shape index (κ3) is 2.57. The van der Waals surface area contributed by atoms with Gasteiger partial charge in [0, 0.05) is 11.8 Å². The molecule has 0 spiro atoms. The highest BCUT2D eigenvalue weighted by atomic mass is 35.5. The largest absolute Gasteiger partial charge is 0.497 e. The van der Waals surface area contributed by atoms with Crippen molar-refractivity contribution in [1.82, 2.24) is 9.97 Å². The second-order valence-corrected chi connectivity index (χ2v) is 3.66. The molecule has 0 atom stereocenters. The van der Waals surface area contributed by atoms with Crippen molar-refractivity contribution < 1.29 is 4.74 Å². The molecule has 2 aromatic rings. The molecule has 3 N–H and O–H groups in total. The van der Waals surface area contributed by atoms with Crippen LogP contribution in [0.25, 0.3) is 0 Å². The van der Waals surface area contributed by atoms with Gasteiger partial charge >= 0.3 is 0 Å². The Morgan fingerprint density at radius 3 is 2.94 bits per heavy atom. The van der Waals surface area contributed by atoms with Gasteiger partial charge < -0.3 is 15.8 Å². The Hall–Kier alpha value is -2.01. The van der Waals surface area contributed by atoms with Crippen molar-refractivity contribution in [2.24, 2.45) is 0 Å². The fraction of sp³-hybridized carbons (Fsp3) is 0.0909. The number of nitrogens with two attached hydrogens (primary N) is 1. The molecule has 0 aliphatic carbocycles. The zero-order valence-corrected chi connectivity index (χ0v) is 9.90. The number of nitrogens with one attached hydrogen (secondary N) is 1. The van der Waals surface area contributed by atoms with Crippen molar-refractivity contribution in [3.05, 3.63) is 35.6 Å². The first-order valence-electron chi connectivity index (χ1n) is 4.88. The Balaban J connectivity index is 2.28. The summed E-state index contributed by atoms with van der Waals surface area (Å²) in [5.74, 6) is 1.45. The number of benzene rings is 1. The number of halogens is 1. The summed E-state index contributed by atoms with van der Waals surface area (Å²) in [4.78, 5) is 7.80. The van der Waals surface area contributed by atoms with Gasteiger partial charge in [-0.25, -0.2) is 9.97 Å². The molecular weight excluding hydrogens is 240 g/mol. The van der Waals surface area contributed by atoms with Gasteiger partial charge in [-0.2, -0.15) is 0 Å².